The van der Waals surface area contributed by atoms with Gasteiger partial charge in [0.25, 0.3) is 0 Å². The van der Waals surface area contributed by atoms with Crippen LogP contribution in [0.25, 0.3) is 0 Å². The van der Waals surface area contributed by atoms with Crippen LogP contribution in [0.5, 0.6) is 0 Å². The number of rotatable bonds is 2. The van der Waals surface area contributed by atoms with E-state index in [9.17, 15) is 0 Å². The molecule has 0 spiro atoms. The Bertz CT molecular complexity index is 278. The van der Waals surface area contributed by atoms with Crippen molar-refractivity contribution in [3.05, 3.63) is 34.9 Å². The standard InChI is InChI=1S/C12H16ClN.ClH/c13-12-5-3-10(4-6-12)8-11-2-1-7-14-9-11;/h3-6,11,14H,1-2,7-9H2;1H/t11-;/m1./s1. The summed E-state index contributed by atoms with van der Waals surface area (Å²) in [5.41, 5.74) is 1.41. The van der Waals surface area contributed by atoms with Gasteiger partial charge in [0.05, 0.1) is 0 Å². The highest BCUT2D eigenvalue weighted by Gasteiger charge is 2.12. The number of halogens is 2. The molecule has 3 heteroatoms. The van der Waals surface area contributed by atoms with Crippen LogP contribution < -0.4 is 5.32 Å². The Morgan fingerprint density at radius 3 is 2.60 bits per heavy atom. The van der Waals surface area contributed by atoms with Gasteiger partial charge in [-0.05, 0) is 56.0 Å². The molecule has 1 aliphatic heterocycles. The van der Waals surface area contributed by atoms with Crippen LogP contribution >= 0.6 is 24.0 Å². The maximum absolute atomic E-state index is 5.84. The van der Waals surface area contributed by atoms with Crippen molar-refractivity contribution in [2.45, 2.75) is 19.3 Å². The Kier molecular flexibility index (Phi) is 5.44. The second-order valence-corrected chi connectivity index (χ2v) is 4.48. The van der Waals surface area contributed by atoms with Gasteiger partial charge in [-0.3, -0.25) is 0 Å². The van der Waals surface area contributed by atoms with E-state index in [1.165, 1.54) is 37.9 Å². The Morgan fingerprint density at radius 1 is 1.27 bits per heavy atom. The van der Waals surface area contributed by atoms with Gasteiger partial charge in [0.15, 0.2) is 0 Å². The van der Waals surface area contributed by atoms with Gasteiger partial charge in [0.1, 0.15) is 0 Å². The molecule has 0 aromatic heterocycles. The molecule has 0 unspecified atom stereocenters. The van der Waals surface area contributed by atoms with E-state index in [1.807, 2.05) is 12.1 Å². The Labute approximate surface area is 103 Å². The monoisotopic (exact) mass is 245 g/mol. The molecule has 2 rings (SSSR count). The van der Waals surface area contributed by atoms with E-state index in [4.69, 9.17) is 11.6 Å². The molecule has 1 aliphatic rings. The Morgan fingerprint density at radius 2 is 2.00 bits per heavy atom. The molecule has 1 nitrogen and oxygen atoms in total. The maximum atomic E-state index is 5.84. The number of benzene rings is 1. The fraction of sp³-hybridized carbons (Fsp3) is 0.500. The minimum Gasteiger partial charge on any atom is -0.316 e. The average Bonchev–Trinajstić information content (AvgIpc) is 2.23. The average molecular weight is 246 g/mol. The molecule has 15 heavy (non-hydrogen) atoms. The molecule has 0 radical (unpaired) electrons. The molecule has 0 bridgehead atoms. The maximum Gasteiger partial charge on any atom is 0.0406 e. The molecular weight excluding hydrogens is 229 g/mol. The predicted molar refractivity (Wildman–Crippen MR) is 68.0 cm³/mol. The van der Waals surface area contributed by atoms with Gasteiger partial charge in [0, 0.05) is 5.02 Å². The zero-order valence-electron chi connectivity index (χ0n) is 8.71. The summed E-state index contributed by atoms with van der Waals surface area (Å²) in [5, 5.41) is 4.27. The predicted octanol–water partition coefficient (Wildman–Crippen LogP) is 3.30. The molecule has 1 saturated heterocycles. The van der Waals surface area contributed by atoms with Crippen LogP contribution in [-0.2, 0) is 6.42 Å². The summed E-state index contributed by atoms with van der Waals surface area (Å²) in [6.45, 7) is 2.36. The third-order valence-electron chi connectivity index (χ3n) is 2.84. The normalized spacial score (nSPS) is 20.7. The van der Waals surface area contributed by atoms with Gasteiger partial charge in [-0.1, -0.05) is 23.7 Å². The molecule has 1 fully saturated rings. The first-order chi connectivity index (χ1) is 6.84. The van der Waals surface area contributed by atoms with Crippen molar-refractivity contribution in [2.24, 2.45) is 5.92 Å². The van der Waals surface area contributed by atoms with Crippen LogP contribution in [-0.4, -0.2) is 13.1 Å². The molecule has 84 valence electrons. The smallest absolute Gasteiger partial charge is 0.0406 e. The van der Waals surface area contributed by atoms with Gasteiger partial charge in [-0.25, -0.2) is 0 Å². The van der Waals surface area contributed by atoms with Gasteiger partial charge in [0.2, 0.25) is 0 Å². The van der Waals surface area contributed by atoms with Crippen LogP contribution in [0.2, 0.25) is 5.02 Å². The van der Waals surface area contributed by atoms with Gasteiger partial charge in [-0.15, -0.1) is 12.4 Å². The summed E-state index contributed by atoms with van der Waals surface area (Å²) in [6.07, 6.45) is 3.86. The lowest BCUT2D eigenvalue weighted by Gasteiger charge is -2.22. The van der Waals surface area contributed by atoms with E-state index in [1.54, 1.807) is 0 Å². The number of piperidine rings is 1. The van der Waals surface area contributed by atoms with Gasteiger partial charge in [-0.2, -0.15) is 0 Å². The minimum absolute atomic E-state index is 0. The van der Waals surface area contributed by atoms with E-state index in [-0.39, 0.29) is 12.4 Å². The van der Waals surface area contributed by atoms with E-state index >= 15 is 0 Å². The van der Waals surface area contributed by atoms with Crippen LogP contribution in [0.3, 0.4) is 0 Å². The van der Waals surface area contributed by atoms with Crippen LogP contribution in [0, 0.1) is 5.92 Å². The lowest BCUT2D eigenvalue weighted by atomic mass is 9.92. The SMILES string of the molecule is Cl.Clc1ccc(C[C@H]2CCCNC2)cc1. The van der Waals surface area contributed by atoms with E-state index in [2.05, 4.69) is 17.4 Å². The van der Waals surface area contributed by atoms with Gasteiger partial charge < -0.3 is 5.32 Å². The zero-order valence-corrected chi connectivity index (χ0v) is 10.3. The highest BCUT2D eigenvalue weighted by molar-refractivity contribution is 6.30. The van der Waals surface area contributed by atoms with Crippen LogP contribution in [0.15, 0.2) is 24.3 Å². The van der Waals surface area contributed by atoms with Crippen molar-refractivity contribution in [2.75, 3.05) is 13.1 Å². The van der Waals surface area contributed by atoms with Crippen LogP contribution in [0.4, 0.5) is 0 Å². The molecule has 1 atom stereocenters. The van der Waals surface area contributed by atoms with Crippen molar-refractivity contribution >= 4 is 24.0 Å². The molecule has 0 saturated carbocycles. The summed E-state index contributed by atoms with van der Waals surface area (Å²) >= 11 is 5.84. The lowest BCUT2D eigenvalue weighted by molar-refractivity contribution is 0.376. The summed E-state index contributed by atoms with van der Waals surface area (Å²) in [6, 6.07) is 8.23. The van der Waals surface area contributed by atoms with Crippen molar-refractivity contribution in [3.8, 4) is 0 Å². The second kappa shape index (κ2) is 6.37. The van der Waals surface area contributed by atoms with E-state index in [0.717, 1.165) is 10.9 Å². The Hall–Kier alpha value is -0.240. The lowest BCUT2D eigenvalue weighted by Crippen LogP contribution is -2.30. The molecule has 0 aliphatic carbocycles. The van der Waals surface area contributed by atoms with Crippen molar-refractivity contribution in [3.63, 3.8) is 0 Å². The summed E-state index contributed by atoms with van der Waals surface area (Å²) < 4.78 is 0. The zero-order chi connectivity index (χ0) is 9.80. The summed E-state index contributed by atoms with van der Waals surface area (Å²) in [5.74, 6) is 0.810. The van der Waals surface area contributed by atoms with Crippen molar-refractivity contribution in [1.82, 2.24) is 5.32 Å². The van der Waals surface area contributed by atoms with Gasteiger partial charge >= 0.3 is 0 Å². The van der Waals surface area contributed by atoms with E-state index < -0.39 is 0 Å². The molecular formula is C12H17Cl2N. The minimum atomic E-state index is 0. The fourth-order valence-corrected chi connectivity index (χ4v) is 2.18. The van der Waals surface area contributed by atoms with Crippen LogP contribution in [0.1, 0.15) is 18.4 Å². The number of hydrogen-bond acceptors (Lipinski definition) is 1. The van der Waals surface area contributed by atoms with Crippen molar-refractivity contribution < 1.29 is 0 Å². The third-order valence-corrected chi connectivity index (χ3v) is 3.09. The quantitative estimate of drug-likeness (QED) is 0.844. The first-order valence-electron chi connectivity index (χ1n) is 5.30. The second-order valence-electron chi connectivity index (χ2n) is 4.04. The third kappa shape index (κ3) is 4.02. The molecule has 1 N–H and O–H groups in total. The summed E-state index contributed by atoms with van der Waals surface area (Å²) in [7, 11) is 0. The first-order valence-corrected chi connectivity index (χ1v) is 5.67. The van der Waals surface area contributed by atoms with E-state index in [0.29, 0.717) is 0 Å². The Balaban J connectivity index is 0.00000112. The largest absolute Gasteiger partial charge is 0.316 e. The molecule has 1 aromatic carbocycles. The molecule has 0 amide bonds. The topological polar surface area (TPSA) is 12.0 Å². The molecule has 1 heterocycles. The highest BCUT2D eigenvalue weighted by Crippen LogP contribution is 2.17. The fourth-order valence-electron chi connectivity index (χ4n) is 2.05. The number of hydrogen-bond donors (Lipinski definition) is 1. The molecule has 1 aromatic rings. The first kappa shape index (κ1) is 12.8. The van der Waals surface area contributed by atoms with Crippen molar-refractivity contribution in [1.29, 1.82) is 0 Å². The highest BCUT2D eigenvalue weighted by atomic mass is 35.5. The summed E-state index contributed by atoms with van der Waals surface area (Å²) in [4.78, 5) is 0. The number of nitrogens with one attached hydrogen (secondary N) is 1.